The van der Waals surface area contributed by atoms with Gasteiger partial charge in [0.25, 0.3) is 0 Å². The first-order chi connectivity index (χ1) is 11.1. The van der Waals surface area contributed by atoms with Gasteiger partial charge in [-0.25, -0.2) is 4.39 Å². The molecule has 2 aliphatic heterocycles. The molecule has 1 atom stereocenters. The van der Waals surface area contributed by atoms with E-state index in [0.29, 0.717) is 0 Å². The van der Waals surface area contributed by atoms with Gasteiger partial charge in [0.15, 0.2) is 0 Å². The minimum atomic E-state index is -0.563. The van der Waals surface area contributed by atoms with Crippen molar-refractivity contribution in [2.45, 2.75) is 31.3 Å². The van der Waals surface area contributed by atoms with Gasteiger partial charge in [-0.3, -0.25) is 4.90 Å². The molecule has 1 unspecified atom stereocenters. The van der Waals surface area contributed by atoms with E-state index in [9.17, 15) is 9.50 Å². The third-order valence-corrected chi connectivity index (χ3v) is 4.89. The van der Waals surface area contributed by atoms with E-state index < -0.39 is 5.60 Å². The average Bonchev–Trinajstić information content (AvgIpc) is 3.01. The molecule has 0 bridgehead atoms. The molecule has 126 valence electrons. The normalized spacial score (nSPS) is 27.0. The van der Waals surface area contributed by atoms with Crippen LogP contribution in [-0.2, 0) is 0 Å². The van der Waals surface area contributed by atoms with E-state index in [4.69, 9.17) is 0 Å². The molecule has 1 aromatic rings. The molecular formula is C19H27FN2O. The van der Waals surface area contributed by atoms with Gasteiger partial charge < -0.3 is 10.0 Å². The Morgan fingerprint density at radius 2 is 1.74 bits per heavy atom. The van der Waals surface area contributed by atoms with Crippen LogP contribution in [0.2, 0.25) is 0 Å². The summed E-state index contributed by atoms with van der Waals surface area (Å²) in [5.74, 6) is -0.204. The summed E-state index contributed by atoms with van der Waals surface area (Å²) in [4.78, 5) is 4.72. The second-order valence-electron chi connectivity index (χ2n) is 7.00. The smallest absolute Gasteiger partial charge is 0.123 e. The number of nitrogens with zero attached hydrogens (tertiary/aromatic N) is 2. The van der Waals surface area contributed by atoms with Crippen LogP contribution in [0.3, 0.4) is 0 Å². The van der Waals surface area contributed by atoms with E-state index in [0.717, 1.165) is 57.7 Å². The second-order valence-corrected chi connectivity index (χ2v) is 7.00. The Balaban J connectivity index is 1.50. The molecule has 3 nitrogen and oxygen atoms in total. The van der Waals surface area contributed by atoms with Crippen LogP contribution in [0.4, 0.5) is 4.39 Å². The van der Waals surface area contributed by atoms with Gasteiger partial charge in [-0.1, -0.05) is 24.3 Å². The highest BCUT2D eigenvalue weighted by atomic mass is 19.1. The number of benzene rings is 1. The lowest BCUT2D eigenvalue weighted by Gasteiger charge is -2.40. The van der Waals surface area contributed by atoms with Crippen molar-refractivity contribution in [1.82, 2.24) is 9.80 Å². The van der Waals surface area contributed by atoms with Crippen LogP contribution in [0.5, 0.6) is 0 Å². The predicted molar refractivity (Wildman–Crippen MR) is 91.7 cm³/mol. The molecule has 2 fully saturated rings. The van der Waals surface area contributed by atoms with Gasteiger partial charge in [0.05, 0.1) is 5.60 Å². The van der Waals surface area contributed by atoms with Crippen molar-refractivity contribution >= 4 is 6.08 Å². The van der Waals surface area contributed by atoms with Crippen molar-refractivity contribution < 1.29 is 9.50 Å². The molecule has 0 spiro atoms. The third-order valence-electron chi connectivity index (χ3n) is 4.89. The second kappa shape index (κ2) is 7.56. The van der Waals surface area contributed by atoms with Crippen LogP contribution in [0, 0.1) is 5.82 Å². The molecule has 0 amide bonds. The standard InChI is InChI=1S/C19H27FN2O/c20-18-8-6-17(7-9-18)5-3-13-22-14-4-10-19(23,16-22)15-21-11-1-2-12-21/h3,5-9,23H,1-2,4,10-16H2. The summed E-state index contributed by atoms with van der Waals surface area (Å²) >= 11 is 0. The maximum Gasteiger partial charge on any atom is 0.123 e. The maximum atomic E-state index is 12.9. The molecule has 23 heavy (non-hydrogen) atoms. The topological polar surface area (TPSA) is 26.7 Å². The zero-order valence-corrected chi connectivity index (χ0v) is 13.8. The van der Waals surface area contributed by atoms with E-state index in [1.807, 2.05) is 6.08 Å². The van der Waals surface area contributed by atoms with Crippen molar-refractivity contribution in [3.05, 3.63) is 41.7 Å². The van der Waals surface area contributed by atoms with Crippen molar-refractivity contribution in [2.24, 2.45) is 0 Å². The van der Waals surface area contributed by atoms with Gasteiger partial charge in [-0.05, 0) is 63.0 Å². The van der Waals surface area contributed by atoms with E-state index in [-0.39, 0.29) is 5.82 Å². The van der Waals surface area contributed by atoms with Crippen LogP contribution < -0.4 is 0 Å². The van der Waals surface area contributed by atoms with Crippen LogP contribution >= 0.6 is 0 Å². The lowest BCUT2D eigenvalue weighted by Crippen LogP contribution is -2.53. The highest BCUT2D eigenvalue weighted by molar-refractivity contribution is 5.48. The van der Waals surface area contributed by atoms with Gasteiger partial charge in [-0.15, -0.1) is 0 Å². The Bertz CT molecular complexity index is 525. The minimum Gasteiger partial charge on any atom is -0.387 e. The fourth-order valence-corrected chi connectivity index (χ4v) is 3.76. The van der Waals surface area contributed by atoms with E-state index in [2.05, 4.69) is 15.9 Å². The summed E-state index contributed by atoms with van der Waals surface area (Å²) in [6, 6.07) is 6.53. The van der Waals surface area contributed by atoms with Crippen molar-refractivity contribution in [3.63, 3.8) is 0 Å². The third kappa shape index (κ3) is 4.87. The van der Waals surface area contributed by atoms with Gasteiger partial charge in [-0.2, -0.15) is 0 Å². The number of halogens is 1. The van der Waals surface area contributed by atoms with Gasteiger partial charge >= 0.3 is 0 Å². The lowest BCUT2D eigenvalue weighted by molar-refractivity contribution is -0.0469. The van der Waals surface area contributed by atoms with Crippen LogP contribution in [0.25, 0.3) is 6.08 Å². The summed E-state index contributed by atoms with van der Waals surface area (Å²) in [6.45, 7) is 5.69. The monoisotopic (exact) mass is 318 g/mol. The number of hydrogen-bond acceptors (Lipinski definition) is 3. The molecule has 0 saturated carbocycles. The molecule has 4 heteroatoms. The number of aliphatic hydroxyl groups is 1. The predicted octanol–water partition coefficient (Wildman–Crippen LogP) is 2.76. The Hall–Kier alpha value is -1.23. The number of hydrogen-bond donors (Lipinski definition) is 1. The first-order valence-corrected chi connectivity index (χ1v) is 8.72. The number of β-amino-alcohol motifs (C(OH)–C–C–N with tert-alkyl or cyclic N) is 1. The van der Waals surface area contributed by atoms with E-state index >= 15 is 0 Å². The molecule has 0 radical (unpaired) electrons. The minimum absolute atomic E-state index is 0.204. The van der Waals surface area contributed by atoms with Crippen LogP contribution in [0.15, 0.2) is 30.3 Å². The Morgan fingerprint density at radius 1 is 1.04 bits per heavy atom. The summed E-state index contributed by atoms with van der Waals surface area (Å²) in [7, 11) is 0. The molecule has 0 aromatic heterocycles. The van der Waals surface area contributed by atoms with E-state index in [1.165, 1.54) is 25.0 Å². The molecule has 2 saturated heterocycles. The molecule has 1 aromatic carbocycles. The Kier molecular flexibility index (Phi) is 5.46. The molecule has 3 rings (SSSR count). The molecular weight excluding hydrogens is 291 g/mol. The highest BCUT2D eigenvalue weighted by Crippen LogP contribution is 2.24. The van der Waals surface area contributed by atoms with Crippen LogP contribution in [0.1, 0.15) is 31.2 Å². The highest BCUT2D eigenvalue weighted by Gasteiger charge is 2.35. The SMILES string of the molecule is OC1(CN2CCCC2)CCCN(CC=Cc2ccc(F)cc2)C1. The van der Waals surface area contributed by atoms with Gasteiger partial charge in [0.1, 0.15) is 5.82 Å². The fraction of sp³-hybridized carbons (Fsp3) is 0.579. The zero-order chi connectivity index (χ0) is 16.1. The zero-order valence-electron chi connectivity index (χ0n) is 13.8. The lowest BCUT2D eigenvalue weighted by atomic mass is 9.92. The number of piperidine rings is 1. The fourth-order valence-electron chi connectivity index (χ4n) is 3.76. The van der Waals surface area contributed by atoms with Gasteiger partial charge in [0.2, 0.25) is 0 Å². The summed E-state index contributed by atoms with van der Waals surface area (Å²) in [6.07, 6.45) is 8.61. The van der Waals surface area contributed by atoms with Crippen molar-refractivity contribution in [3.8, 4) is 0 Å². The largest absolute Gasteiger partial charge is 0.387 e. The molecule has 2 aliphatic rings. The van der Waals surface area contributed by atoms with Crippen molar-refractivity contribution in [1.29, 1.82) is 0 Å². The summed E-state index contributed by atoms with van der Waals surface area (Å²) in [5.41, 5.74) is 0.447. The van der Waals surface area contributed by atoms with Gasteiger partial charge in [0, 0.05) is 19.6 Å². The molecule has 2 heterocycles. The Labute approximate surface area is 138 Å². The average molecular weight is 318 g/mol. The number of likely N-dealkylation sites (tertiary alicyclic amines) is 2. The first-order valence-electron chi connectivity index (χ1n) is 8.72. The summed E-state index contributed by atoms with van der Waals surface area (Å²) in [5, 5.41) is 10.9. The molecule has 1 N–H and O–H groups in total. The summed E-state index contributed by atoms with van der Waals surface area (Å²) < 4.78 is 12.9. The molecule has 0 aliphatic carbocycles. The maximum absolute atomic E-state index is 12.9. The Morgan fingerprint density at radius 3 is 2.48 bits per heavy atom. The quantitative estimate of drug-likeness (QED) is 0.904. The van der Waals surface area contributed by atoms with Crippen molar-refractivity contribution in [2.75, 3.05) is 39.3 Å². The van der Waals surface area contributed by atoms with Crippen LogP contribution in [-0.4, -0.2) is 59.8 Å². The number of rotatable bonds is 5. The van der Waals surface area contributed by atoms with E-state index in [1.54, 1.807) is 12.1 Å². The first kappa shape index (κ1) is 16.6.